The minimum absolute atomic E-state index is 0.00766. The number of ketones is 10. The molecule has 0 heterocycles. The van der Waals surface area contributed by atoms with Gasteiger partial charge in [0, 0.05) is 179 Å². The molecule has 43 heteroatoms. The van der Waals surface area contributed by atoms with E-state index < -0.39 is 273 Å². The van der Waals surface area contributed by atoms with Crippen LogP contribution in [0.3, 0.4) is 0 Å². The highest BCUT2D eigenvalue weighted by Crippen LogP contribution is 2.20. The molecule has 0 aliphatic rings. The Hall–Kier alpha value is -10.0. The lowest BCUT2D eigenvalue weighted by Gasteiger charge is -2.24. The average molecular weight is 1600 g/mol. The van der Waals surface area contributed by atoms with E-state index in [9.17, 15) is 105 Å². The van der Waals surface area contributed by atoms with Gasteiger partial charge in [0.05, 0.1) is 71.0 Å². The Morgan fingerprint density at radius 2 is 0.482 bits per heavy atom. The minimum Gasteiger partial charge on any atom is -0.383 e. The topological polar surface area (TPSA) is 620 Å². The number of Topliss-reactive ketones (excluding diaryl/α,β-unsaturated/α-hetero) is 10. The Balaban J connectivity index is 7.80. The van der Waals surface area contributed by atoms with Crippen LogP contribution in [-0.4, -0.2) is 321 Å². The van der Waals surface area contributed by atoms with Gasteiger partial charge in [-0.1, -0.05) is 0 Å². The summed E-state index contributed by atoms with van der Waals surface area (Å²) in [4.78, 5) is 294. The van der Waals surface area contributed by atoms with Gasteiger partial charge in [-0.05, 0) is 44.9 Å². The molecule has 0 aromatic heterocycles. The first-order chi connectivity index (χ1) is 53.3. The Bertz CT molecular complexity index is 3210. The number of hydrogen-bond acceptors (Lipinski definition) is 31. The molecule has 0 aliphatic carbocycles. The first-order valence-corrected chi connectivity index (χ1v) is 35.8. The molecular weight excluding hydrogens is 1490 g/mol. The van der Waals surface area contributed by atoms with Gasteiger partial charge >= 0.3 is 0 Å². The zero-order chi connectivity index (χ0) is 84.5. The lowest BCUT2D eigenvalue weighted by molar-refractivity contribution is -0.142. The van der Waals surface area contributed by atoms with Gasteiger partial charge in [0.25, 0.3) is 47.3 Å². The van der Waals surface area contributed by atoms with Crippen molar-refractivity contribution in [3.63, 3.8) is 0 Å². The highest BCUT2D eigenvalue weighted by molar-refractivity contribution is 6.41. The van der Waals surface area contributed by atoms with Crippen LogP contribution in [0, 0.1) is 11.8 Å². The Labute approximate surface area is 646 Å². The van der Waals surface area contributed by atoms with Crippen molar-refractivity contribution in [2.24, 2.45) is 17.6 Å². The molecule has 0 radical (unpaired) electrons. The molecule has 0 aromatic rings. The number of hydrogen-bond donors (Lipinski definition) is 13. The number of ether oxygens (including phenoxy) is 8. The number of amides is 12. The van der Waals surface area contributed by atoms with Crippen LogP contribution in [0.5, 0.6) is 0 Å². The quantitative estimate of drug-likeness (QED) is 0.0199. The van der Waals surface area contributed by atoms with Gasteiger partial charge in [-0.25, -0.2) is 0 Å². The summed E-state index contributed by atoms with van der Waals surface area (Å²) in [7, 11) is 10.5. The maximum Gasteiger partial charge on any atom is 0.289 e. The molecule has 0 aromatic carbocycles. The second kappa shape index (κ2) is 60.7. The lowest BCUT2D eigenvalue weighted by atomic mass is 9.89. The number of carbonyl (C=O) groups is 22. The third kappa shape index (κ3) is 44.1. The molecule has 630 valence electrons. The van der Waals surface area contributed by atoms with Crippen LogP contribution >= 0.6 is 0 Å². The Morgan fingerprint density at radius 1 is 0.250 bits per heavy atom. The smallest absolute Gasteiger partial charge is 0.289 e. The van der Waals surface area contributed by atoms with Crippen LogP contribution in [0.4, 0.5) is 0 Å². The summed E-state index contributed by atoms with van der Waals surface area (Å²) in [6, 6.07) is -9.71. The molecule has 112 heavy (non-hydrogen) atoms. The molecule has 0 spiro atoms. The summed E-state index contributed by atoms with van der Waals surface area (Å²) in [5, 5.41) is 27.4. The van der Waals surface area contributed by atoms with Crippen molar-refractivity contribution in [3.8, 4) is 0 Å². The predicted molar refractivity (Wildman–Crippen MR) is 386 cm³/mol. The van der Waals surface area contributed by atoms with Gasteiger partial charge in [0.15, 0.2) is 0 Å². The molecule has 0 fully saturated rings. The van der Waals surface area contributed by atoms with Gasteiger partial charge in [-0.15, -0.1) is 0 Å². The van der Waals surface area contributed by atoms with E-state index >= 15 is 0 Å². The third-order valence-electron chi connectivity index (χ3n) is 16.1. The summed E-state index contributed by atoms with van der Waals surface area (Å²) in [6.45, 7) is -1.47. The largest absolute Gasteiger partial charge is 0.383 e. The first kappa shape index (κ1) is 102. The summed E-state index contributed by atoms with van der Waals surface area (Å²) >= 11 is 0. The minimum atomic E-state index is -1.99. The molecule has 0 rings (SSSR count). The predicted octanol–water partition coefficient (Wildman–Crippen LogP) is -8.48. The maximum absolute atomic E-state index is 14.5. The van der Waals surface area contributed by atoms with Crippen LogP contribution in [0.25, 0.3) is 0 Å². The van der Waals surface area contributed by atoms with E-state index in [-0.39, 0.29) is 105 Å². The van der Waals surface area contributed by atoms with Crippen molar-refractivity contribution in [3.05, 3.63) is 0 Å². The van der Waals surface area contributed by atoms with E-state index in [0.717, 1.165) is 0 Å². The number of nitrogens with one attached hydrogen (secondary N) is 12. The molecule has 43 nitrogen and oxygen atoms in total. The van der Waals surface area contributed by atoms with Gasteiger partial charge < -0.3 is 107 Å². The van der Waals surface area contributed by atoms with Crippen LogP contribution in [0.2, 0.25) is 0 Å². The molecule has 0 saturated carbocycles. The van der Waals surface area contributed by atoms with Crippen LogP contribution in [0.15, 0.2) is 0 Å². The van der Waals surface area contributed by atoms with Crippen molar-refractivity contribution in [1.82, 2.24) is 63.8 Å². The SMILES string of the molecule is COCCNC(=O)C(=O)CCC(CC(=O)CCC(NC(=O)CCC(N)C(=O)NC(CCC(=O)CC(CCC(=O)C(=O)NCCOC)C(=O)C(=O)NCCOC)C(=O)NC(CCC(=O)C(=O)NCCOC)C(=O)C(=O)NCCOC)C(=O)NC(CCC(=O)C(=O)NCCOC)C(=O)C(=O)NCCOC)C(=O)C(=O)NCCOC. The standard InChI is InChI=1S/C69H109N13O30/c1-105-31-23-71-62(97)50(85)18-9-41(55(90)66(101)75-27-35-109-5)39-43(83)11-14-48(60(95)80-46(57(92)68(103)77-29-37-111-7)16-20-52(87)64(99)73-25-33-107-3)79-54(89)22-13-45(70)59(94)82-49(61(96)81-47(58(93)69(104)78-30-38-112-8)17-21-53(88)65(100)74-26-34-108-4)15-12-44(84)40-42(56(91)67(102)76-28-36-110-6)10-19-51(86)63(98)72-24-32-106-2/h41-42,45-49H,9-40,70H2,1-8H3,(H,71,97)(H,72,98)(H,73,99)(H,74,100)(H,75,101)(H,76,102)(H,77,103)(H,78,104)(H,79,89)(H,80,95)(H,81,96)(H,82,94). The molecule has 14 N–H and O–H groups in total. The van der Waals surface area contributed by atoms with Crippen LogP contribution in [-0.2, 0) is 143 Å². The highest BCUT2D eigenvalue weighted by atomic mass is 16.5. The first-order valence-electron chi connectivity index (χ1n) is 35.8. The zero-order valence-corrected chi connectivity index (χ0v) is 64.5. The van der Waals surface area contributed by atoms with Crippen LogP contribution in [0.1, 0.15) is 103 Å². The number of nitrogens with two attached hydrogens (primary N) is 1. The molecule has 7 atom stereocenters. The Kier molecular flexibility index (Phi) is 55.2. The van der Waals surface area contributed by atoms with E-state index in [0.29, 0.717) is 0 Å². The van der Waals surface area contributed by atoms with E-state index in [2.05, 4.69) is 63.8 Å². The Morgan fingerprint density at radius 3 is 0.759 bits per heavy atom. The fourth-order valence-corrected chi connectivity index (χ4v) is 9.78. The van der Waals surface area contributed by atoms with Crippen LogP contribution < -0.4 is 69.5 Å². The number of methoxy groups -OCH3 is 8. The van der Waals surface area contributed by atoms with E-state index in [1.807, 2.05) is 0 Å². The lowest BCUT2D eigenvalue weighted by Crippen LogP contribution is -2.56. The number of carbonyl (C=O) groups excluding carboxylic acids is 22. The second-order valence-corrected chi connectivity index (χ2v) is 24.7. The molecule has 0 bridgehead atoms. The summed E-state index contributed by atoms with van der Waals surface area (Å²) in [5.41, 5.74) is 6.32. The van der Waals surface area contributed by atoms with E-state index in [1.165, 1.54) is 56.9 Å². The summed E-state index contributed by atoms with van der Waals surface area (Å²) < 4.78 is 39.1. The van der Waals surface area contributed by atoms with Crippen molar-refractivity contribution in [2.75, 3.05) is 162 Å². The van der Waals surface area contributed by atoms with Crippen molar-refractivity contribution in [1.29, 1.82) is 0 Å². The fourth-order valence-electron chi connectivity index (χ4n) is 9.78. The van der Waals surface area contributed by atoms with Crippen molar-refractivity contribution < 1.29 is 143 Å². The van der Waals surface area contributed by atoms with E-state index in [4.69, 9.17) is 43.6 Å². The molecule has 0 saturated heterocycles. The zero-order valence-electron chi connectivity index (χ0n) is 64.5. The maximum atomic E-state index is 14.5. The third-order valence-corrected chi connectivity index (χ3v) is 16.1. The molecule has 0 aliphatic heterocycles. The summed E-state index contributed by atoms with van der Waals surface area (Å²) in [6.07, 6.45) is -11.6. The van der Waals surface area contributed by atoms with Gasteiger partial charge in [-0.2, -0.15) is 0 Å². The van der Waals surface area contributed by atoms with Gasteiger partial charge in [0.1, 0.15) is 23.7 Å². The monoisotopic (exact) mass is 1600 g/mol. The van der Waals surface area contributed by atoms with Gasteiger partial charge in [-0.3, -0.25) is 105 Å². The summed E-state index contributed by atoms with van der Waals surface area (Å²) in [5.74, 6) is -29.0. The highest BCUT2D eigenvalue weighted by Gasteiger charge is 2.37. The average Bonchev–Trinajstić information content (AvgIpc) is 0.870. The molecular formula is C69H109N13O30. The number of rotatable bonds is 68. The van der Waals surface area contributed by atoms with Crippen molar-refractivity contribution in [2.45, 2.75) is 133 Å². The van der Waals surface area contributed by atoms with Crippen molar-refractivity contribution >= 4 is 129 Å². The second-order valence-electron chi connectivity index (χ2n) is 24.7. The molecule has 7 unspecified atom stereocenters. The van der Waals surface area contributed by atoms with E-state index in [1.54, 1.807) is 0 Å². The fraction of sp³-hybridized carbons (Fsp3) is 0.681. The molecule has 12 amide bonds. The normalized spacial score (nSPS) is 12.7. The van der Waals surface area contributed by atoms with Gasteiger partial charge in [0.2, 0.25) is 69.9 Å².